The lowest BCUT2D eigenvalue weighted by Crippen LogP contribution is -2.34. The fourth-order valence-corrected chi connectivity index (χ4v) is 2.36. The third-order valence-electron chi connectivity index (χ3n) is 3.47. The minimum absolute atomic E-state index is 0. The van der Waals surface area contributed by atoms with Gasteiger partial charge in [0.1, 0.15) is 29.5 Å². The molecule has 1 amide bonds. The largest absolute Gasteiger partial charge is 0.490 e. The van der Waals surface area contributed by atoms with Gasteiger partial charge in [-0.05, 0) is 46.8 Å². The molecule has 0 spiro atoms. The van der Waals surface area contributed by atoms with Crippen LogP contribution >= 0.6 is 12.6 Å². The molecule has 9 heteroatoms. The van der Waals surface area contributed by atoms with Crippen molar-refractivity contribution in [1.82, 2.24) is 5.32 Å². The standard InChI is InChI=1S/C21H30FN3O4S.C2H6.H2/c1-14(2)19(30)18(25-23-6)16-8-7-15(22)13-17(16)28-12-11-27-10-9-24-20(26)29-21(3,4)5;1-2;/h7-8,13,30H,6,9-12H2,1-5H3,(H,24,26);1-2H3;1H/b25-18-;;. The van der Waals surface area contributed by atoms with Gasteiger partial charge in [-0.15, -0.1) is 17.7 Å². The zero-order chi connectivity index (χ0) is 24.7. The van der Waals surface area contributed by atoms with Crippen LogP contribution < -0.4 is 10.1 Å². The summed E-state index contributed by atoms with van der Waals surface area (Å²) < 4.78 is 30.0. The SMILES string of the molecule is C=N/N=C(\C(S)=C(C)C)c1ccc(F)cc1OCCOCCNC(=O)OC(C)(C)C.CC.[HH]. The van der Waals surface area contributed by atoms with E-state index in [0.29, 0.717) is 28.5 Å². The topological polar surface area (TPSA) is 81.5 Å². The first-order valence-corrected chi connectivity index (χ1v) is 10.9. The van der Waals surface area contributed by atoms with Gasteiger partial charge in [-0.2, -0.15) is 5.10 Å². The Morgan fingerprint density at radius 2 is 1.88 bits per heavy atom. The molecule has 1 N–H and O–H groups in total. The lowest BCUT2D eigenvalue weighted by Gasteiger charge is -2.19. The van der Waals surface area contributed by atoms with Crippen molar-refractivity contribution in [1.29, 1.82) is 0 Å². The molecular weight excluding hydrogens is 433 g/mol. The highest BCUT2D eigenvalue weighted by atomic mass is 32.1. The van der Waals surface area contributed by atoms with E-state index in [1.807, 2.05) is 27.7 Å². The predicted molar refractivity (Wildman–Crippen MR) is 134 cm³/mol. The first kappa shape index (κ1) is 29.6. The number of benzene rings is 1. The van der Waals surface area contributed by atoms with Crippen LogP contribution in [0.2, 0.25) is 0 Å². The molecule has 1 aromatic carbocycles. The molecule has 0 aromatic heterocycles. The molecule has 0 aliphatic carbocycles. The average molecular weight is 472 g/mol. The number of ether oxygens (including phenoxy) is 3. The summed E-state index contributed by atoms with van der Waals surface area (Å²) in [7, 11) is 0. The Balaban J connectivity index is 0. The van der Waals surface area contributed by atoms with Crippen molar-refractivity contribution in [2.24, 2.45) is 10.2 Å². The highest BCUT2D eigenvalue weighted by Crippen LogP contribution is 2.26. The first-order chi connectivity index (χ1) is 15.0. The van der Waals surface area contributed by atoms with Crippen LogP contribution in [0.25, 0.3) is 0 Å². The average Bonchev–Trinajstić information content (AvgIpc) is 2.71. The maximum atomic E-state index is 13.8. The number of alkyl carbamates (subject to hydrolysis) is 1. The summed E-state index contributed by atoms with van der Waals surface area (Å²) in [5, 5.41) is 10.2. The summed E-state index contributed by atoms with van der Waals surface area (Å²) in [5.41, 5.74) is 1.34. The number of nitrogens with zero attached hydrogens (tertiary/aromatic N) is 2. The Bertz CT molecular complexity index is 807. The Morgan fingerprint density at radius 1 is 1.22 bits per heavy atom. The van der Waals surface area contributed by atoms with Crippen molar-refractivity contribution in [3.63, 3.8) is 0 Å². The smallest absolute Gasteiger partial charge is 0.407 e. The van der Waals surface area contributed by atoms with E-state index in [1.165, 1.54) is 12.1 Å². The second-order valence-corrected chi connectivity index (χ2v) is 7.92. The number of carbonyl (C=O) groups is 1. The number of carbonyl (C=O) groups excluding carboxylic acids is 1. The number of hydrogen-bond donors (Lipinski definition) is 2. The molecule has 1 aromatic rings. The molecule has 0 radical (unpaired) electrons. The van der Waals surface area contributed by atoms with Gasteiger partial charge in [0, 0.05) is 31.2 Å². The molecule has 32 heavy (non-hydrogen) atoms. The first-order valence-electron chi connectivity index (χ1n) is 10.4. The van der Waals surface area contributed by atoms with Crippen molar-refractivity contribution < 1.29 is 24.8 Å². The summed E-state index contributed by atoms with van der Waals surface area (Å²) in [6.07, 6.45) is -0.503. The van der Waals surface area contributed by atoms with E-state index < -0.39 is 17.5 Å². The molecular formula is C23H38FN3O4S. The van der Waals surface area contributed by atoms with Crippen LogP contribution in [0.15, 0.2) is 38.9 Å². The molecule has 7 nitrogen and oxygen atoms in total. The van der Waals surface area contributed by atoms with Crippen LogP contribution in [0.4, 0.5) is 9.18 Å². The van der Waals surface area contributed by atoms with E-state index >= 15 is 0 Å². The molecule has 0 unspecified atom stereocenters. The molecule has 0 aliphatic rings. The predicted octanol–water partition coefficient (Wildman–Crippen LogP) is 5.65. The minimum atomic E-state index is -0.552. The summed E-state index contributed by atoms with van der Waals surface area (Å²) in [6.45, 7) is 17.5. The molecule has 0 aliphatic heterocycles. The molecule has 0 saturated heterocycles. The van der Waals surface area contributed by atoms with Crippen LogP contribution in [0.5, 0.6) is 5.75 Å². The van der Waals surface area contributed by atoms with Crippen LogP contribution in [-0.4, -0.2) is 50.5 Å². The van der Waals surface area contributed by atoms with E-state index in [4.69, 9.17) is 14.2 Å². The lowest BCUT2D eigenvalue weighted by molar-refractivity contribution is 0.0489. The maximum Gasteiger partial charge on any atom is 0.407 e. The summed E-state index contributed by atoms with van der Waals surface area (Å²) in [4.78, 5) is 12.1. The lowest BCUT2D eigenvalue weighted by atomic mass is 10.1. The molecule has 0 bridgehead atoms. The van der Waals surface area contributed by atoms with E-state index in [1.54, 1.807) is 26.8 Å². The van der Waals surface area contributed by atoms with Crippen LogP contribution in [0.1, 0.15) is 55.5 Å². The fourth-order valence-electron chi connectivity index (χ4n) is 2.20. The van der Waals surface area contributed by atoms with Crippen LogP contribution in [-0.2, 0) is 9.47 Å². The Labute approximate surface area is 198 Å². The number of allylic oxidation sites excluding steroid dienone is 2. The Kier molecular flexibility index (Phi) is 14.3. The van der Waals surface area contributed by atoms with Gasteiger partial charge in [0.25, 0.3) is 0 Å². The number of nitrogens with one attached hydrogen (secondary N) is 1. The molecule has 0 atom stereocenters. The van der Waals surface area contributed by atoms with Gasteiger partial charge in [-0.3, -0.25) is 0 Å². The number of thiol groups is 1. The second-order valence-electron chi connectivity index (χ2n) is 7.47. The van der Waals surface area contributed by atoms with Gasteiger partial charge in [0.2, 0.25) is 0 Å². The zero-order valence-corrected chi connectivity index (χ0v) is 21.0. The summed E-state index contributed by atoms with van der Waals surface area (Å²) >= 11 is 4.47. The van der Waals surface area contributed by atoms with Crippen molar-refractivity contribution in [3.05, 3.63) is 40.1 Å². The van der Waals surface area contributed by atoms with Gasteiger partial charge in [-0.1, -0.05) is 19.4 Å². The highest BCUT2D eigenvalue weighted by Gasteiger charge is 2.16. The van der Waals surface area contributed by atoms with E-state index in [0.717, 1.165) is 5.57 Å². The molecule has 182 valence electrons. The van der Waals surface area contributed by atoms with Crippen molar-refractivity contribution >= 4 is 31.2 Å². The monoisotopic (exact) mass is 471 g/mol. The van der Waals surface area contributed by atoms with E-state index in [9.17, 15) is 9.18 Å². The number of halogens is 1. The van der Waals surface area contributed by atoms with Crippen molar-refractivity contribution in [3.8, 4) is 5.75 Å². The minimum Gasteiger partial charge on any atom is -0.490 e. The van der Waals surface area contributed by atoms with E-state index in [2.05, 4.69) is 34.9 Å². The zero-order valence-electron chi connectivity index (χ0n) is 20.1. The number of rotatable bonds is 10. The summed E-state index contributed by atoms with van der Waals surface area (Å²) in [5.74, 6) is -0.152. The number of hydrogen-bond acceptors (Lipinski definition) is 7. The van der Waals surface area contributed by atoms with Crippen LogP contribution in [0, 0.1) is 5.82 Å². The summed E-state index contributed by atoms with van der Waals surface area (Å²) in [6, 6.07) is 4.13. The van der Waals surface area contributed by atoms with Gasteiger partial charge in [-0.25, -0.2) is 9.18 Å². The quantitative estimate of drug-likeness (QED) is 0.200. The van der Waals surface area contributed by atoms with E-state index in [-0.39, 0.29) is 21.2 Å². The van der Waals surface area contributed by atoms with Gasteiger partial charge in [0.15, 0.2) is 0 Å². The molecule has 0 heterocycles. The van der Waals surface area contributed by atoms with Gasteiger partial charge >= 0.3 is 6.09 Å². The maximum absolute atomic E-state index is 13.8. The van der Waals surface area contributed by atoms with Crippen molar-refractivity contribution in [2.75, 3.05) is 26.4 Å². The Hall–Kier alpha value is -2.39. The fraction of sp³-hybridized carbons (Fsp3) is 0.522. The molecule has 1 rings (SSSR count). The second kappa shape index (κ2) is 15.4. The normalized spacial score (nSPS) is 11.1. The third-order valence-corrected chi connectivity index (χ3v) is 4.13. The highest BCUT2D eigenvalue weighted by molar-refractivity contribution is 7.85. The van der Waals surface area contributed by atoms with Crippen molar-refractivity contribution in [2.45, 2.75) is 54.1 Å². The molecule has 0 fully saturated rings. The molecule has 0 saturated carbocycles. The number of amides is 1. The van der Waals surface area contributed by atoms with Crippen LogP contribution in [0.3, 0.4) is 0 Å². The third kappa shape index (κ3) is 11.9. The van der Waals surface area contributed by atoms with Gasteiger partial charge in [0.05, 0.1) is 13.2 Å². The Morgan fingerprint density at radius 3 is 2.44 bits per heavy atom. The van der Waals surface area contributed by atoms with Gasteiger partial charge < -0.3 is 19.5 Å².